The first-order valence-electron chi connectivity index (χ1n) is 5.83. The predicted molar refractivity (Wildman–Crippen MR) is 64.9 cm³/mol. The van der Waals surface area contributed by atoms with Crippen molar-refractivity contribution in [1.82, 2.24) is 10.3 Å². The zero-order valence-corrected chi connectivity index (χ0v) is 9.90. The first-order chi connectivity index (χ1) is 9.16. The Morgan fingerprint density at radius 2 is 1.89 bits per heavy atom. The molecule has 1 aliphatic rings. The maximum atomic E-state index is 11.2. The van der Waals surface area contributed by atoms with E-state index in [0.29, 0.717) is 37.1 Å². The normalized spacial score (nSPS) is 16.0. The Morgan fingerprint density at radius 3 is 2.58 bits per heavy atom. The lowest BCUT2D eigenvalue weighted by atomic mass is 10.1. The Morgan fingerprint density at radius 1 is 1.21 bits per heavy atom. The molecule has 2 aromatic rings. The minimum absolute atomic E-state index is 0.131. The highest BCUT2D eigenvalue weighted by Gasteiger charge is 2.24. The Bertz CT molecular complexity index is 656. The van der Waals surface area contributed by atoms with Crippen LogP contribution in [-0.4, -0.2) is 34.1 Å². The number of rotatable bonds is 2. The van der Waals surface area contributed by atoms with E-state index in [1.165, 1.54) is 6.07 Å². The number of carbonyl (C=O) groups is 1. The van der Waals surface area contributed by atoms with Crippen molar-refractivity contribution in [2.45, 2.75) is 12.8 Å². The van der Waals surface area contributed by atoms with Gasteiger partial charge in [0.25, 0.3) is 0 Å². The molecule has 0 spiro atoms. The van der Waals surface area contributed by atoms with Crippen molar-refractivity contribution in [1.29, 1.82) is 0 Å². The molecule has 0 amide bonds. The Labute approximate surface area is 107 Å². The summed E-state index contributed by atoms with van der Waals surface area (Å²) < 4.78 is 4.61. The number of nitrogens with zero attached hydrogens (tertiary/aromatic N) is 4. The number of carbonyl (C=O) groups excluding carboxylic acids is 1. The van der Waals surface area contributed by atoms with Crippen molar-refractivity contribution in [2.24, 2.45) is 0 Å². The highest BCUT2D eigenvalue weighted by atomic mass is 16.6. The number of piperidine rings is 1. The van der Waals surface area contributed by atoms with Crippen LogP contribution >= 0.6 is 0 Å². The summed E-state index contributed by atoms with van der Waals surface area (Å²) in [5.41, 5.74) is 1.09. The minimum Gasteiger partial charge on any atom is -0.369 e. The number of hydrogen-bond acceptors (Lipinski definition) is 7. The van der Waals surface area contributed by atoms with Crippen molar-refractivity contribution < 1.29 is 14.3 Å². The van der Waals surface area contributed by atoms with Crippen molar-refractivity contribution in [3.8, 4) is 0 Å². The van der Waals surface area contributed by atoms with Crippen LogP contribution in [0.2, 0.25) is 0 Å². The lowest BCUT2D eigenvalue weighted by Crippen LogP contribution is -2.33. The molecule has 0 saturated carbocycles. The molecule has 1 saturated heterocycles. The van der Waals surface area contributed by atoms with Crippen LogP contribution < -0.4 is 4.90 Å². The van der Waals surface area contributed by atoms with Crippen LogP contribution in [-0.2, 0) is 4.79 Å². The van der Waals surface area contributed by atoms with Gasteiger partial charge in [-0.2, -0.15) is 0 Å². The summed E-state index contributed by atoms with van der Waals surface area (Å²) in [5.74, 6) is 0.229. The van der Waals surface area contributed by atoms with E-state index in [1.54, 1.807) is 6.07 Å². The van der Waals surface area contributed by atoms with E-state index in [4.69, 9.17) is 0 Å². The van der Waals surface area contributed by atoms with Gasteiger partial charge in [0.15, 0.2) is 5.52 Å². The minimum atomic E-state index is -0.518. The van der Waals surface area contributed by atoms with E-state index in [9.17, 15) is 14.9 Å². The van der Waals surface area contributed by atoms with Gasteiger partial charge in [0.05, 0.1) is 10.6 Å². The molecule has 1 aromatic heterocycles. The number of aromatic nitrogens is 2. The van der Waals surface area contributed by atoms with E-state index < -0.39 is 4.92 Å². The van der Waals surface area contributed by atoms with Crippen LogP contribution in [0, 0.1) is 10.1 Å². The SMILES string of the molecule is O=C1CCN(c2ccc([N+](=O)[O-])c3nonc23)CC1. The molecule has 98 valence electrons. The molecular weight excluding hydrogens is 252 g/mol. The molecule has 0 radical (unpaired) electrons. The van der Waals surface area contributed by atoms with Crippen molar-refractivity contribution in [3.05, 3.63) is 22.2 Å². The number of hydrogen-bond donors (Lipinski definition) is 0. The zero-order valence-electron chi connectivity index (χ0n) is 9.90. The summed E-state index contributed by atoms with van der Waals surface area (Å²) in [4.78, 5) is 23.6. The Balaban J connectivity index is 2.05. The van der Waals surface area contributed by atoms with E-state index in [0.717, 1.165) is 0 Å². The van der Waals surface area contributed by atoms with Gasteiger partial charge in [0.1, 0.15) is 5.78 Å². The molecule has 0 unspecified atom stereocenters. The summed E-state index contributed by atoms with van der Waals surface area (Å²) in [7, 11) is 0. The molecule has 1 fully saturated rings. The molecule has 0 bridgehead atoms. The van der Waals surface area contributed by atoms with Gasteiger partial charge in [-0.15, -0.1) is 0 Å². The number of nitro benzene ring substituents is 1. The Kier molecular flexibility index (Phi) is 2.62. The molecule has 1 aliphatic heterocycles. The Hall–Kier alpha value is -2.51. The largest absolute Gasteiger partial charge is 0.369 e. The quantitative estimate of drug-likeness (QED) is 0.593. The van der Waals surface area contributed by atoms with Crippen LogP contribution in [0.3, 0.4) is 0 Å². The number of fused-ring (bicyclic) bond motifs is 1. The molecule has 8 nitrogen and oxygen atoms in total. The number of Topliss-reactive ketones (excluding diaryl/α,β-unsaturated/α-hetero) is 1. The fraction of sp³-hybridized carbons (Fsp3) is 0.364. The number of ketones is 1. The third kappa shape index (κ3) is 1.90. The third-order valence-electron chi connectivity index (χ3n) is 3.23. The average molecular weight is 262 g/mol. The number of anilines is 1. The lowest BCUT2D eigenvalue weighted by Gasteiger charge is -2.27. The maximum Gasteiger partial charge on any atom is 0.300 e. The molecular formula is C11H10N4O4. The van der Waals surface area contributed by atoms with Crippen LogP contribution in [0.25, 0.3) is 11.0 Å². The van der Waals surface area contributed by atoms with Crippen LogP contribution in [0.15, 0.2) is 16.8 Å². The summed E-state index contributed by atoms with van der Waals surface area (Å²) in [6.07, 6.45) is 0.952. The average Bonchev–Trinajstić information content (AvgIpc) is 2.87. The summed E-state index contributed by atoms with van der Waals surface area (Å²) in [5, 5.41) is 18.2. The standard InChI is InChI=1S/C11H10N4O4/c16-7-3-5-14(6-4-7)8-1-2-9(15(17)18)11-10(8)12-19-13-11/h1-2H,3-6H2. The smallest absolute Gasteiger partial charge is 0.300 e. The lowest BCUT2D eigenvalue weighted by molar-refractivity contribution is -0.383. The maximum absolute atomic E-state index is 11.2. The summed E-state index contributed by atoms with van der Waals surface area (Å²) in [6.45, 7) is 1.16. The van der Waals surface area contributed by atoms with E-state index >= 15 is 0 Å². The second kappa shape index (κ2) is 4.30. The summed E-state index contributed by atoms with van der Waals surface area (Å²) in [6, 6.07) is 3.01. The number of nitro groups is 1. The second-order valence-electron chi connectivity index (χ2n) is 4.35. The van der Waals surface area contributed by atoms with Gasteiger partial charge in [-0.25, -0.2) is 4.63 Å². The monoisotopic (exact) mass is 262 g/mol. The fourth-order valence-electron chi connectivity index (χ4n) is 2.24. The van der Waals surface area contributed by atoms with Crippen molar-refractivity contribution in [2.75, 3.05) is 18.0 Å². The third-order valence-corrected chi connectivity index (χ3v) is 3.23. The molecule has 8 heteroatoms. The molecule has 19 heavy (non-hydrogen) atoms. The van der Waals surface area contributed by atoms with Crippen LogP contribution in [0.1, 0.15) is 12.8 Å². The second-order valence-corrected chi connectivity index (χ2v) is 4.35. The van der Waals surface area contributed by atoms with Gasteiger partial charge in [0, 0.05) is 32.0 Å². The molecule has 0 N–H and O–H groups in total. The van der Waals surface area contributed by atoms with Gasteiger partial charge >= 0.3 is 5.69 Å². The molecule has 2 heterocycles. The van der Waals surface area contributed by atoms with Gasteiger partial charge in [-0.1, -0.05) is 0 Å². The fourth-order valence-corrected chi connectivity index (χ4v) is 2.24. The molecule has 0 aliphatic carbocycles. The van der Waals surface area contributed by atoms with E-state index in [-0.39, 0.29) is 17.0 Å². The van der Waals surface area contributed by atoms with E-state index in [1.807, 2.05) is 4.90 Å². The van der Waals surface area contributed by atoms with Gasteiger partial charge in [0.2, 0.25) is 5.52 Å². The van der Waals surface area contributed by atoms with E-state index in [2.05, 4.69) is 14.9 Å². The van der Waals surface area contributed by atoms with Gasteiger partial charge < -0.3 is 4.90 Å². The van der Waals surface area contributed by atoms with Gasteiger partial charge in [-0.3, -0.25) is 14.9 Å². The molecule has 1 aromatic carbocycles. The first kappa shape index (κ1) is 11.6. The number of non-ortho nitro benzene ring substituents is 1. The topological polar surface area (TPSA) is 102 Å². The number of benzene rings is 1. The highest BCUT2D eigenvalue weighted by Crippen LogP contribution is 2.32. The van der Waals surface area contributed by atoms with Crippen LogP contribution in [0.4, 0.5) is 11.4 Å². The molecule has 3 rings (SSSR count). The van der Waals surface area contributed by atoms with Gasteiger partial charge in [-0.05, 0) is 16.4 Å². The highest BCUT2D eigenvalue weighted by molar-refractivity contribution is 5.94. The molecule has 0 atom stereocenters. The first-order valence-corrected chi connectivity index (χ1v) is 5.83. The summed E-state index contributed by atoms with van der Waals surface area (Å²) >= 11 is 0. The van der Waals surface area contributed by atoms with Crippen molar-refractivity contribution >= 4 is 28.2 Å². The zero-order chi connectivity index (χ0) is 13.4. The van der Waals surface area contributed by atoms with Crippen LogP contribution in [0.5, 0.6) is 0 Å². The van der Waals surface area contributed by atoms with Crippen molar-refractivity contribution in [3.63, 3.8) is 0 Å². The predicted octanol–water partition coefficient (Wildman–Crippen LogP) is 1.30.